The van der Waals surface area contributed by atoms with Crippen LogP contribution in [0.15, 0.2) is 42.6 Å². The molecule has 23 heavy (non-hydrogen) atoms. The summed E-state index contributed by atoms with van der Waals surface area (Å²) in [4.78, 5) is 9.31. The Kier molecular flexibility index (Phi) is 3.71. The predicted octanol–water partition coefficient (Wildman–Crippen LogP) is 3.10. The summed E-state index contributed by atoms with van der Waals surface area (Å²) in [6, 6.07) is 11.1. The highest BCUT2D eigenvalue weighted by atomic mass is 16.5. The molecule has 5 nitrogen and oxygen atoms in total. The molecule has 0 radical (unpaired) electrons. The first kappa shape index (κ1) is 14.2. The highest BCUT2D eigenvalue weighted by molar-refractivity contribution is 5.73. The van der Waals surface area contributed by atoms with Gasteiger partial charge in [-0.15, -0.1) is 0 Å². The van der Waals surface area contributed by atoms with E-state index in [2.05, 4.69) is 9.55 Å². The fourth-order valence-corrected chi connectivity index (χ4v) is 3.18. The number of rotatable bonds is 3. The van der Waals surface area contributed by atoms with Gasteiger partial charge in [0.05, 0.1) is 0 Å². The van der Waals surface area contributed by atoms with Crippen LogP contribution in [0.3, 0.4) is 0 Å². The quantitative estimate of drug-likeness (QED) is 0.807. The molecule has 118 valence electrons. The van der Waals surface area contributed by atoms with Crippen molar-refractivity contribution in [1.82, 2.24) is 14.5 Å². The van der Waals surface area contributed by atoms with Gasteiger partial charge in [0.2, 0.25) is 0 Å². The summed E-state index contributed by atoms with van der Waals surface area (Å²) >= 11 is 0. The second-order valence-corrected chi connectivity index (χ2v) is 5.99. The molecular formula is C18H19N3O2. The van der Waals surface area contributed by atoms with Crippen LogP contribution in [-0.4, -0.2) is 32.9 Å². The summed E-state index contributed by atoms with van der Waals surface area (Å²) in [6.07, 6.45) is 4.86. The first-order valence-electron chi connectivity index (χ1n) is 8.01. The molecule has 0 amide bonds. The molecule has 0 saturated carbocycles. The van der Waals surface area contributed by atoms with Crippen molar-refractivity contribution in [1.29, 1.82) is 0 Å². The monoisotopic (exact) mass is 309 g/mol. The molecule has 4 rings (SSSR count). The lowest BCUT2D eigenvalue weighted by atomic mass is 9.96. The molecule has 0 aliphatic carbocycles. The van der Waals surface area contributed by atoms with Crippen LogP contribution in [0.2, 0.25) is 0 Å². The first-order chi connectivity index (χ1) is 11.3. The summed E-state index contributed by atoms with van der Waals surface area (Å²) in [7, 11) is 0. The molecule has 1 aliphatic rings. The smallest absolute Gasteiger partial charge is 0.164 e. The third kappa shape index (κ3) is 2.80. The minimum atomic E-state index is 0.261. The van der Waals surface area contributed by atoms with Gasteiger partial charge in [0.1, 0.15) is 17.1 Å². The normalized spacial score (nSPS) is 16.0. The van der Waals surface area contributed by atoms with Crippen LogP contribution >= 0.6 is 0 Å². The van der Waals surface area contributed by atoms with Crippen molar-refractivity contribution in [3.8, 4) is 11.4 Å². The van der Waals surface area contributed by atoms with Crippen molar-refractivity contribution in [2.24, 2.45) is 5.92 Å². The fourth-order valence-electron chi connectivity index (χ4n) is 3.18. The van der Waals surface area contributed by atoms with Gasteiger partial charge in [-0.25, -0.2) is 9.97 Å². The van der Waals surface area contributed by atoms with E-state index in [-0.39, 0.29) is 5.75 Å². The van der Waals surface area contributed by atoms with Gasteiger partial charge in [-0.3, -0.25) is 4.57 Å². The van der Waals surface area contributed by atoms with Crippen LogP contribution in [0.5, 0.6) is 5.75 Å². The van der Waals surface area contributed by atoms with Gasteiger partial charge in [-0.2, -0.15) is 0 Å². The lowest BCUT2D eigenvalue weighted by Gasteiger charge is -2.22. The molecule has 1 N–H and O–H groups in total. The Labute approximate surface area is 134 Å². The number of ether oxygens (including phenoxy) is 1. The van der Waals surface area contributed by atoms with Crippen LogP contribution in [0.4, 0.5) is 0 Å². The maximum absolute atomic E-state index is 9.54. The molecular weight excluding hydrogens is 290 g/mol. The lowest BCUT2D eigenvalue weighted by molar-refractivity contribution is 0.0659. The van der Waals surface area contributed by atoms with Crippen LogP contribution in [0.1, 0.15) is 18.7 Å². The number of phenols is 1. The highest BCUT2D eigenvalue weighted by Gasteiger charge is 2.20. The Morgan fingerprint density at radius 2 is 1.91 bits per heavy atom. The zero-order valence-corrected chi connectivity index (χ0v) is 12.9. The maximum atomic E-state index is 9.54. The minimum absolute atomic E-state index is 0.261. The van der Waals surface area contributed by atoms with Crippen molar-refractivity contribution < 1.29 is 9.84 Å². The number of nitrogens with zero attached hydrogens (tertiary/aromatic N) is 3. The van der Waals surface area contributed by atoms with Crippen LogP contribution in [0, 0.1) is 5.92 Å². The minimum Gasteiger partial charge on any atom is -0.508 e. The summed E-state index contributed by atoms with van der Waals surface area (Å²) in [5, 5.41) is 9.54. The maximum Gasteiger partial charge on any atom is 0.164 e. The average molecular weight is 309 g/mol. The van der Waals surface area contributed by atoms with Gasteiger partial charge >= 0.3 is 0 Å². The SMILES string of the molecule is Oc1ccc(-n2c(CC3CCOCC3)nc3cccnc32)cc1. The van der Waals surface area contributed by atoms with E-state index in [4.69, 9.17) is 9.72 Å². The van der Waals surface area contributed by atoms with Gasteiger partial charge in [0.15, 0.2) is 5.65 Å². The van der Waals surface area contributed by atoms with E-state index in [9.17, 15) is 5.11 Å². The summed E-state index contributed by atoms with van der Waals surface area (Å²) in [5.41, 5.74) is 2.74. The summed E-state index contributed by atoms with van der Waals surface area (Å²) in [5.74, 6) is 1.88. The molecule has 1 saturated heterocycles. The van der Waals surface area contributed by atoms with Crippen LogP contribution < -0.4 is 0 Å². The topological polar surface area (TPSA) is 60.2 Å². The predicted molar refractivity (Wildman–Crippen MR) is 87.8 cm³/mol. The molecule has 0 spiro atoms. The van der Waals surface area contributed by atoms with Crippen molar-refractivity contribution in [3.05, 3.63) is 48.4 Å². The molecule has 0 atom stereocenters. The van der Waals surface area contributed by atoms with E-state index in [0.717, 1.165) is 55.2 Å². The van der Waals surface area contributed by atoms with E-state index < -0.39 is 0 Å². The largest absolute Gasteiger partial charge is 0.508 e. The van der Waals surface area contributed by atoms with Gasteiger partial charge in [0.25, 0.3) is 0 Å². The molecule has 0 unspecified atom stereocenters. The van der Waals surface area contributed by atoms with Crippen molar-refractivity contribution in [3.63, 3.8) is 0 Å². The zero-order valence-electron chi connectivity index (χ0n) is 12.9. The number of hydrogen-bond donors (Lipinski definition) is 1. The number of hydrogen-bond acceptors (Lipinski definition) is 4. The molecule has 1 aromatic carbocycles. The van der Waals surface area contributed by atoms with E-state index in [1.54, 1.807) is 18.3 Å². The van der Waals surface area contributed by atoms with Crippen LogP contribution in [0.25, 0.3) is 16.9 Å². The van der Waals surface area contributed by atoms with E-state index >= 15 is 0 Å². The van der Waals surface area contributed by atoms with Crippen molar-refractivity contribution in [2.75, 3.05) is 13.2 Å². The Morgan fingerprint density at radius 1 is 1.13 bits per heavy atom. The summed E-state index contributed by atoms with van der Waals surface area (Å²) in [6.45, 7) is 1.67. The van der Waals surface area contributed by atoms with Gasteiger partial charge < -0.3 is 9.84 Å². The van der Waals surface area contributed by atoms with Crippen molar-refractivity contribution >= 4 is 11.2 Å². The number of benzene rings is 1. The van der Waals surface area contributed by atoms with Gasteiger partial charge in [-0.05, 0) is 55.2 Å². The third-order valence-electron chi connectivity index (χ3n) is 4.41. The molecule has 3 heterocycles. The summed E-state index contributed by atoms with van der Waals surface area (Å²) < 4.78 is 7.56. The molecule has 3 aromatic rings. The van der Waals surface area contributed by atoms with Gasteiger partial charge in [-0.1, -0.05) is 0 Å². The number of aromatic hydroxyl groups is 1. The number of fused-ring (bicyclic) bond motifs is 1. The molecule has 5 heteroatoms. The third-order valence-corrected chi connectivity index (χ3v) is 4.41. The number of pyridine rings is 1. The Morgan fingerprint density at radius 3 is 2.70 bits per heavy atom. The highest BCUT2D eigenvalue weighted by Crippen LogP contribution is 2.26. The van der Waals surface area contributed by atoms with Gasteiger partial charge in [0, 0.05) is 31.5 Å². The average Bonchev–Trinajstić information content (AvgIpc) is 2.94. The first-order valence-corrected chi connectivity index (χ1v) is 8.01. The molecule has 0 bridgehead atoms. The van der Waals surface area contributed by atoms with Crippen LogP contribution in [-0.2, 0) is 11.2 Å². The second-order valence-electron chi connectivity index (χ2n) is 5.99. The molecule has 1 aliphatic heterocycles. The fraction of sp³-hybridized carbons (Fsp3) is 0.333. The van der Waals surface area contributed by atoms with Crippen molar-refractivity contribution in [2.45, 2.75) is 19.3 Å². The Hall–Kier alpha value is -2.40. The molecule has 1 fully saturated rings. The van der Waals surface area contributed by atoms with E-state index in [0.29, 0.717) is 5.92 Å². The van der Waals surface area contributed by atoms with E-state index in [1.807, 2.05) is 24.3 Å². The number of phenolic OH excluding ortho intramolecular Hbond substituents is 1. The lowest BCUT2D eigenvalue weighted by Crippen LogP contribution is -2.19. The second kappa shape index (κ2) is 6.01. The van der Waals surface area contributed by atoms with E-state index in [1.165, 1.54) is 0 Å². The standard InChI is InChI=1S/C18H19N3O2/c22-15-5-3-14(4-6-15)21-17(12-13-7-10-23-11-8-13)20-16-2-1-9-19-18(16)21/h1-6,9,13,22H,7-8,10-12H2. The number of imidazole rings is 1. The Bertz CT molecular complexity index is 805. The zero-order chi connectivity index (χ0) is 15.6. The molecule has 2 aromatic heterocycles. The Balaban J connectivity index is 1.79. The number of aromatic nitrogens is 3.